The Morgan fingerprint density at radius 1 is 0.592 bits per heavy atom. The number of sulfonamides is 2. The molecule has 1 heterocycles. The van der Waals surface area contributed by atoms with Gasteiger partial charge in [-0.3, -0.25) is 0 Å². The summed E-state index contributed by atoms with van der Waals surface area (Å²) in [6.07, 6.45) is 19.3. The van der Waals surface area contributed by atoms with Crippen LogP contribution in [0.1, 0.15) is 198 Å². The minimum atomic E-state index is -3.60. The van der Waals surface area contributed by atoms with Crippen LogP contribution in [0.3, 0.4) is 0 Å². The van der Waals surface area contributed by atoms with Gasteiger partial charge in [0.2, 0.25) is 20.0 Å². The van der Waals surface area contributed by atoms with E-state index in [9.17, 15) is 37.3 Å². The number of nitrogens with zero attached hydrogens (tertiary/aromatic N) is 1. The standard InChI is InChI=1S/C35H56N2O4S.C28H51NO4S/c1-5-27-31-21-25(38)14-16-35(31,4)30-15-17-34(3)28(12-13-29(34)32(30)33(27)39)23(2)22-36-42(40,41)26-11-9-10-24(20-26)37-18-7-6-8-19-37;1-8-19-23-15-18(30)11-13-28(23,7)22-12-14-27(6)20(9-10-21(27)24(22)25(19)31)17(2)16-29-34(32,33)26(3,4)5/h9-11,20,23,25,27-33,36,38-39H,5-8,12-19,21-22H2,1-4H3;17-25,29-31H,8-16H2,1-7H3/t23-,25-,27-,28-,29+,30+,31+,32+,33-,34-,35-;17-,18-,19-,20-,21+,22+,23+,24+,25-,27-,28-/m11/s1. The van der Waals surface area contributed by atoms with Gasteiger partial charge in [-0.25, -0.2) is 26.3 Å². The molecule has 0 bridgehead atoms. The SMILES string of the molecule is CC[C@H]1[C@@H](O)[C@@H]2[C@H](CC[C@]3(C)[C@@H]([C@H](C)CNS(=O)(=O)C(C)(C)C)CC[C@@H]23)[C@@]2(C)CC[C@@H](O)C[C@@H]12.CC[C@H]1[C@@H](O)[C@@H]2[C@H](CC[C@]3(C)[C@@H]([C@H](C)CNS(=O)(=O)c4cccc(N5CCCCC5)c4)CC[C@@H]23)[C@@]2(C)CC[C@@H](O)C[C@@H]12. The highest BCUT2D eigenvalue weighted by atomic mass is 32.2. The number of aliphatic hydroxyl groups excluding tert-OH is 4. The number of piperidine rings is 1. The molecule has 13 heteroatoms. The Kier molecular flexibility index (Phi) is 17.3. The van der Waals surface area contributed by atoms with Crippen LogP contribution in [-0.2, 0) is 20.0 Å². The summed E-state index contributed by atoms with van der Waals surface area (Å²) in [5.74, 6) is 5.49. The molecule has 1 aromatic carbocycles. The van der Waals surface area contributed by atoms with Crippen molar-refractivity contribution in [2.75, 3.05) is 31.1 Å². The minimum absolute atomic E-state index is 0.122. The molecule has 1 aromatic rings. The molecule has 0 radical (unpaired) electrons. The van der Waals surface area contributed by atoms with Crippen LogP contribution in [0.5, 0.6) is 0 Å². The van der Waals surface area contributed by atoms with Crippen molar-refractivity contribution < 1.29 is 37.3 Å². The van der Waals surface area contributed by atoms with Crippen molar-refractivity contribution in [2.24, 2.45) is 105 Å². The van der Waals surface area contributed by atoms with Crippen molar-refractivity contribution in [3.8, 4) is 0 Å². The molecule has 0 aromatic heterocycles. The third kappa shape index (κ3) is 10.4. The van der Waals surface area contributed by atoms with Gasteiger partial charge in [-0.05, 0) is 253 Å². The summed E-state index contributed by atoms with van der Waals surface area (Å²) in [5, 5.41) is 44.8. The third-order valence-corrected chi connectivity index (χ3v) is 28.7. The van der Waals surface area contributed by atoms with Crippen molar-refractivity contribution in [3.05, 3.63) is 24.3 Å². The average molecular weight is 1100 g/mol. The summed E-state index contributed by atoms with van der Waals surface area (Å²) in [6, 6.07) is 7.48. The van der Waals surface area contributed by atoms with Gasteiger partial charge in [0.1, 0.15) is 0 Å². The second-order valence-electron chi connectivity index (χ2n) is 29.6. The molecule has 6 N–H and O–H groups in total. The van der Waals surface area contributed by atoms with Crippen molar-refractivity contribution in [1.29, 1.82) is 0 Å². The number of fused-ring (bicyclic) bond motifs is 10. The number of hydrogen-bond donors (Lipinski definition) is 6. The molecule has 9 fully saturated rings. The summed E-state index contributed by atoms with van der Waals surface area (Å²) >= 11 is 0. The van der Waals surface area contributed by atoms with Gasteiger partial charge in [0.25, 0.3) is 0 Å². The topological polar surface area (TPSA) is 176 Å². The number of rotatable bonds is 12. The van der Waals surface area contributed by atoms with Crippen LogP contribution in [0.15, 0.2) is 29.2 Å². The zero-order chi connectivity index (χ0) is 55.1. The average Bonchev–Trinajstić information content (AvgIpc) is 4.08. The van der Waals surface area contributed by atoms with Crippen molar-refractivity contribution in [2.45, 2.75) is 232 Å². The quantitative estimate of drug-likeness (QED) is 0.119. The van der Waals surface area contributed by atoms with Gasteiger partial charge in [-0.1, -0.05) is 74.3 Å². The van der Waals surface area contributed by atoms with Crippen molar-refractivity contribution in [3.63, 3.8) is 0 Å². The molecule has 22 atom stereocenters. The molecule has 0 spiro atoms. The smallest absolute Gasteiger partial charge is 0.240 e. The molecule has 10 rings (SSSR count). The van der Waals surface area contributed by atoms with Gasteiger partial charge < -0.3 is 25.3 Å². The van der Waals surface area contributed by atoms with E-state index in [4.69, 9.17) is 0 Å². The minimum Gasteiger partial charge on any atom is -0.393 e. The first-order valence-electron chi connectivity index (χ1n) is 31.2. The Balaban J connectivity index is 0.000000190. The van der Waals surface area contributed by atoms with Crippen LogP contribution in [0.2, 0.25) is 0 Å². The van der Waals surface area contributed by atoms with Crippen LogP contribution in [0.25, 0.3) is 0 Å². The molecule has 0 unspecified atom stereocenters. The lowest BCUT2D eigenvalue weighted by Gasteiger charge is -2.64. The van der Waals surface area contributed by atoms with E-state index in [0.29, 0.717) is 77.2 Å². The van der Waals surface area contributed by atoms with E-state index >= 15 is 0 Å². The fourth-order valence-corrected chi connectivity index (χ4v) is 23.0. The van der Waals surface area contributed by atoms with Gasteiger partial charge in [0, 0.05) is 31.9 Å². The van der Waals surface area contributed by atoms with E-state index in [1.807, 2.05) is 18.2 Å². The zero-order valence-electron chi connectivity index (χ0n) is 49.2. The fraction of sp³-hybridized carbons (Fsp3) is 0.905. The molecule has 76 heavy (non-hydrogen) atoms. The van der Waals surface area contributed by atoms with E-state index in [-0.39, 0.29) is 69.7 Å². The van der Waals surface area contributed by atoms with Crippen LogP contribution >= 0.6 is 0 Å². The Labute approximate surface area is 462 Å². The zero-order valence-corrected chi connectivity index (χ0v) is 50.8. The summed E-state index contributed by atoms with van der Waals surface area (Å²) in [6.45, 7) is 27.0. The molecule has 8 saturated carbocycles. The van der Waals surface area contributed by atoms with Crippen LogP contribution in [0, 0.1) is 105 Å². The molecule has 1 aliphatic heterocycles. The lowest BCUT2D eigenvalue weighted by Crippen LogP contribution is -2.62. The predicted molar refractivity (Wildman–Crippen MR) is 306 cm³/mol. The molecular weight excluding hydrogens is 991 g/mol. The molecule has 9 aliphatic rings. The Morgan fingerprint density at radius 2 is 1.03 bits per heavy atom. The molecule has 11 nitrogen and oxygen atoms in total. The highest BCUT2D eigenvalue weighted by Crippen LogP contribution is 2.71. The Bertz CT molecular complexity index is 2390. The van der Waals surface area contributed by atoms with E-state index in [2.05, 4.69) is 69.7 Å². The number of benzene rings is 1. The van der Waals surface area contributed by atoms with Gasteiger partial charge in [0.15, 0.2) is 0 Å². The largest absolute Gasteiger partial charge is 0.393 e. The van der Waals surface area contributed by atoms with Gasteiger partial charge in [0.05, 0.1) is 34.1 Å². The third-order valence-electron chi connectivity index (χ3n) is 25.1. The molecule has 1 saturated heterocycles. The monoisotopic (exact) mass is 1100 g/mol. The summed E-state index contributed by atoms with van der Waals surface area (Å²) in [4.78, 5) is 2.67. The first kappa shape index (κ1) is 59.3. The summed E-state index contributed by atoms with van der Waals surface area (Å²) < 4.78 is 57.4. The molecule has 8 aliphatic carbocycles. The summed E-state index contributed by atoms with van der Waals surface area (Å²) in [5.41, 5.74) is 1.71. The van der Waals surface area contributed by atoms with Crippen LogP contribution < -0.4 is 14.3 Å². The highest BCUT2D eigenvalue weighted by molar-refractivity contribution is 7.90. The van der Waals surface area contributed by atoms with E-state index < -0.39 is 24.8 Å². The van der Waals surface area contributed by atoms with E-state index in [1.165, 1.54) is 12.8 Å². The summed E-state index contributed by atoms with van der Waals surface area (Å²) in [7, 11) is -6.94. The van der Waals surface area contributed by atoms with Crippen LogP contribution in [0.4, 0.5) is 5.69 Å². The Morgan fingerprint density at radius 3 is 1.47 bits per heavy atom. The lowest BCUT2D eigenvalue weighted by atomic mass is 9.41. The molecule has 434 valence electrons. The highest BCUT2D eigenvalue weighted by Gasteiger charge is 2.67. The van der Waals surface area contributed by atoms with E-state index in [1.54, 1.807) is 26.8 Å². The van der Waals surface area contributed by atoms with Crippen molar-refractivity contribution >= 4 is 25.7 Å². The predicted octanol–water partition coefficient (Wildman–Crippen LogP) is 11.2. The Hall–Kier alpha value is -1.32. The lowest BCUT2D eigenvalue weighted by molar-refractivity contribution is -0.203. The number of nitrogens with one attached hydrogen (secondary N) is 2. The second kappa shape index (κ2) is 22.1. The first-order chi connectivity index (χ1) is 35.7. The van der Waals surface area contributed by atoms with Crippen LogP contribution in [-0.4, -0.2) is 92.6 Å². The number of aliphatic hydroxyl groups is 4. The number of anilines is 1. The van der Waals surface area contributed by atoms with Gasteiger partial charge in [-0.2, -0.15) is 0 Å². The molecular formula is C63H107N3O8S2. The van der Waals surface area contributed by atoms with E-state index in [0.717, 1.165) is 128 Å². The molecule has 0 amide bonds. The van der Waals surface area contributed by atoms with Gasteiger partial charge in [-0.15, -0.1) is 0 Å². The second-order valence-corrected chi connectivity index (χ2v) is 33.8. The first-order valence-corrected chi connectivity index (χ1v) is 34.2. The normalized spacial score (nSPS) is 45.2. The maximum atomic E-state index is 13.5. The van der Waals surface area contributed by atoms with Gasteiger partial charge >= 0.3 is 0 Å². The van der Waals surface area contributed by atoms with Crippen molar-refractivity contribution in [1.82, 2.24) is 9.44 Å². The number of hydrogen-bond acceptors (Lipinski definition) is 9. The maximum Gasteiger partial charge on any atom is 0.240 e. The maximum absolute atomic E-state index is 13.5. The fourth-order valence-electron chi connectivity index (χ4n) is 20.9.